The lowest BCUT2D eigenvalue weighted by Gasteiger charge is -2.13. The highest BCUT2D eigenvalue weighted by Crippen LogP contribution is 2.29. The van der Waals surface area contributed by atoms with Gasteiger partial charge in [0.05, 0.1) is 29.1 Å². The molecule has 5 nitrogen and oxygen atoms in total. The van der Waals surface area contributed by atoms with Crippen LogP contribution in [0.3, 0.4) is 0 Å². The number of aromatic nitrogens is 2. The molecular formula is C17H16ClN3O2S. The Labute approximate surface area is 148 Å². The van der Waals surface area contributed by atoms with Crippen LogP contribution in [-0.4, -0.2) is 28.2 Å². The van der Waals surface area contributed by atoms with Crippen LogP contribution in [0.5, 0.6) is 5.75 Å². The van der Waals surface area contributed by atoms with Crippen molar-refractivity contribution in [3.8, 4) is 5.75 Å². The molecule has 0 radical (unpaired) electrons. The largest absolute Gasteiger partial charge is 0.495 e. The number of imidazole rings is 1. The summed E-state index contributed by atoms with van der Waals surface area (Å²) in [6.45, 7) is 1.82. The van der Waals surface area contributed by atoms with Gasteiger partial charge in [-0.2, -0.15) is 0 Å². The third-order valence-electron chi connectivity index (χ3n) is 3.44. The number of nitrogens with zero attached hydrogens (tertiary/aromatic N) is 1. The van der Waals surface area contributed by atoms with Crippen molar-refractivity contribution in [3.63, 3.8) is 0 Å². The van der Waals surface area contributed by atoms with Gasteiger partial charge in [-0.1, -0.05) is 35.5 Å². The van der Waals surface area contributed by atoms with Crippen LogP contribution in [0, 0.1) is 0 Å². The van der Waals surface area contributed by atoms with E-state index in [4.69, 9.17) is 16.3 Å². The molecule has 0 aliphatic heterocycles. The first-order valence-corrected chi connectivity index (χ1v) is 8.58. The molecule has 0 aliphatic carbocycles. The topological polar surface area (TPSA) is 67.0 Å². The highest BCUT2D eigenvalue weighted by molar-refractivity contribution is 8.00. The molecule has 0 unspecified atom stereocenters. The predicted octanol–water partition coefficient (Wildman–Crippen LogP) is 4.34. The van der Waals surface area contributed by atoms with Gasteiger partial charge in [-0.25, -0.2) is 4.98 Å². The minimum Gasteiger partial charge on any atom is -0.495 e. The van der Waals surface area contributed by atoms with E-state index in [1.54, 1.807) is 25.3 Å². The van der Waals surface area contributed by atoms with E-state index in [1.807, 2.05) is 31.2 Å². The maximum Gasteiger partial charge on any atom is 0.237 e. The number of fused-ring (bicyclic) bond motifs is 1. The number of aromatic amines is 1. The highest BCUT2D eigenvalue weighted by Gasteiger charge is 2.18. The Morgan fingerprint density at radius 1 is 1.33 bits per heavy atom. The molecule has 24 heavy (non-hydrogen) atoms. The Hall–Kier alpha value is -2.18. The number of hydrogen-bond donors (Lipinski definition) is 2. The summed E-state index contributed by atoms with van der Waals surface area (Å²) in [5, 5.41) is 3.74. The predicted molar refractivity (Wildman–Crippen MR) is 98.0 cm³/mol. The number of para-hydroxylation sites is 2. The molecule has 2 N–H and O–H groups in total. The van der Waals surface area contributed by atoms with Gasteiger partial charge in [0.1, 0.15) is 5.75 Å². The zero-order valence-corrected chi connectivity index (χ0v) is 14.7. The summed E-state index contributed by atoms with van der Waals surface area (Å²) < 4.78 is 5.24. The number of H-pyrrole nitrogens is 1. The fourth-order valence-electron chi connectivity index (χ4n) is 2.22. The Morgan fingerprint density at radius 2 is 2.12 bits per heavy atom. The quantitative estimate of drug-likeness (QED) is 0.663. The van der Waals surface area contributed by atoms with Crippen molar-refractivity contribution in [3.05, 3.63) is 47.5 Å². The number of benzene rings is 2. The minimum atomic E-state index is -0.339. The Balaban J connectivity index is 1.71. The monoisotopic (exact) mass is 361 g/mol. The summed E-state index contributed by atoms with van der Waals surface area (Å²) in [5.41, 5.74) is 2.38. The number of halogens is 1. The van der Waals surface area contributed by atoms with Gasteiger partial charge in [-0.3, -0.25) is 4.79 Å². The lowest BCUT2D eigenvalue weighted by molar-refractivity contribution is -0.115. The van der Waals surface area contributed by atoms with Crippen LogP contribution < -0.4 is 10.1 Å². The van der Waals surface area contributed by atoms with Gasteiger partial charge in [0, 0.05) is 5.02 Å². The number of carbonyl (C=O) groups excluding carboxylic acids is 1. The van der Waals surface area contributed by atoms with Crippen molar-refractivity contribution in [2.24, 2.45) is 0 Å². The summed E-state index contributed by atoms with van der Waals surface area (Å²) in [4.78, 5) is 20.1. The van der Waals surface area contributed by atoms with Crippen molar-refractivity contribution in [2.75, 3.05) is 12.4 Å². The van der Waals surface area contributed by atoms with Gasteiger partial charge >= 0.3 is 0 Å². The summed E-state index contributed by atoms with van der Waals surface area (Å²) in [6, 6.07) is 12.8. The minimum absolute atomic E-state index is 0.152. The van der Waals surface area contributed by atoms with Crippen LogP contribution in [0.15, 0.2) is 47.6 Å². The van der Waals surface area contributed by atoms with E-state index in [-0.39, 0.29) is 11.2 Å². The molecule has 1 aromatic heterocycles. The van der Waals surface area contributed by atoms with Gasteiger partial charge in [-0.15, -0.1) is 0 Å². The van der Waals surface area contributed by atoms with E-state index in [9.17, 15) is 4.79 Å². The second-order valence-corrected chi connectivity index (χ2v) is 6.92. The fraction of sp³-hybridized carbons (Fsp3) is 0.176. The van der Waals surface area contributed by atoms with Crippen LogP contribution >= 0.6 is 23.4 Å². The molecular weight excluding hydrogens is 346 g/mol. The molecule has 0 spiro atoms. The Morgan fingerprint density at radius 3 is 2.88 bits per heavy atom. The number of methoxy groups -OCH3 is 1. The number of carbonyl (C=O) groups is 1. The number of amides is 1. The molecule has 1 atom stereocenters. The number of thioether (sulfide) groups is 1. The zero-order valence-electron chi connectivity index (χ0n) is 13.2. The average Bonchev–Trinajstić information content (AvgIpc) is 2.97. The molecule has 0 saturated carbocycles. The molecule has 3 aromatic rings. The van der Waals surface area contributed by atoms with Crippen LogP contribution in [0.4, 0.5) is 5.69 Å². The number of nitrogens with one attached hydrogen (secondary N) is 2. The van der Waals surface area contributed by atoms with Crippen LogP contribution in [0.1, 0.15) is 6.92 Å². The van der Waals surface area contributed by atoms with Gasteiger partial charge in [0.25, 0.3) is 0 Å². The van der Waals surface area contributed by atoms with Gasteiger partial charge in [0.2, 0.25) is 5.91 Å². The lowest BCUT2D eigenvalue weighted by Crippen LogP contribution is -2.22. The van der Waals surface area contributed by atoms with E-state index in [1.165, 1.54) is 11.8 Å². The molecule has 0 bridgehead atoms. The third kappa shape index (κ3) is 3.66. The molecule has 0 aliphatic rings. The molecule has 0 fully saturated rings. The van der Waals surface area contributed by atoms with Gasteiger partial charge in [-0.05, 0) is 37.3 Å². The maximum atomic E-state index is 12.4. The maximum absolute atomic E-state index is 12.4. The van der Waals surface area contributed by atoms with Crippen LogP contribution in [-0.2, 0) is 4.79 Å². The van der Waals surface area contributed by atoms with Crippen molar-refractivity contribution < 1.29 is 9.53 Å². The molecule has 124 valence electrons. The van der Waals surface area contributed by atoms with E-state index in [0.29, 0.717) is 21.6 Å². The SMILES string of the molecule is COc1ccc(Cl)cc1NC(=O)[C@H](C)Sc1nc2ccccc2[nH]1. The van der Waals surface area contributed by atoms with Gasteiger partial charge < -0.3 is 15.0 Å². The first-order chi connectivity index (χ1) is 11.6. The normalized spacial score (nSPS) is 12.1. The highest BCUT2D eigenvalue weighted by atomic mass is 35.5. The van der Waals surface area contributed by atoms with Crippen molar-refractivity contribution >= 4 is 46.0 Å². The number of ether oxygens (including phenoxy) is 1. The Bertz CT molecular complexity index is 848. The van der Waals surface area contributed by atoms with E-state index in [2.05, 4.69) is 15.3 Å². The average molecular weight is 362 g/mol. The van der Waals surface area contributed by atoms with Crippen LogP contribution in [0.25, 0.3) is 11.0 Å². The van der Waals surface area contributed by atoms with E-state index < -0.39 is 0 Å². The fourth-order valence-corrected chi connectivity index (χ4v) is 3.21. The number of anilines is 1. The Kier molecular flexibility index (Phi) is 4.97. The summed E-state index contributed by atoms with van der Waals surface area (Å²) in [7, 11) is 1.55. The molecule has 3 rings (SSSR count). The van der Waals surface area contributed by atoms with E-state index in [0.717, 1.165) is 11.0 Å². The standard InChI is InChI=1S/C17H16ClN3O2S/c1-10(24-17-20-12-5-3-4-6-13(12)21-17)16(22)19-14-9-11(18)7-8-15(14)23-2/h3-10H,1-2H3,(H,19,22)(H,20,21)/t10-/m0/s1. The molecule has 2 aromatic carbocycles. The third-order valence-corrected chi connectivity index (χ3v) is 4.66. The second kappa shape index (κ2) is 7.15. The summed E-state index contributed by atoms with van der Waals surface area (Å²) in [6.07, 6.45) is 0. The molecule has 1 amide bonds. The summed E-state index contributed by atoms with van der Waals surface area (Å²) >= 11 is 7.35. The molecule has 7 heteroatoms. The first kappa shape index (κ1) is 16.7. The molecule has 0 saturated heterocycles. The molecule has 1 heterocycles. The van der Waals surface area contributed by atoms with E-state index >= 15 is 0 Å². The van der Waals surface area contributed by atoms with Crippen molar-refractivity contribution in [2.45, 2.75) is 17.3 Å². The van der Waals surface area contributed by atoms with Crippen molar-refractivity contribution in [1.82, 2.24) is 9.97 Å². The first-order valence-electron chi connectivity index (χ1n) is 7.32. The number of hydrogen-bond acceptors (Lipinski definition) is 4. The second-order valence-electron chi connectivity index (χ2n) is 5.15. The smallest absolute Gasteiger partial charge is 0.237 e. The lowest BCUT2D eigenvalue weighted by atomic mass is 10.3. The van der Waals surface area contributed by atoms with Crippen LogP contribution in [0.2, 0.25) is 5.02 Å². The van der Waals surface area contributed by atoms with Crippen molar-refractivity contribution in [1.29, 1.82) is 0 Å². The number of rotatable bonds is 5. The van der Waals surface area contributed by atoms with Gasteiger partial charge in [0.15, 0.2) is 5.16 Å². The zero-order chi connectivity index (χ0) is 17.1. The summed E-state index contributed by atoms with van der Waals surface area (Å²) in [5.74, 6) is 0.412.